The van der Waals surface area contributed by atoms with Crippen LogP contribution in [0.25, 0.3) is 10.8 Å². The summed E-state index contributed by atoms with van der Waals surface area (Å²) in [5.41, 5.74) is 0.764. The van der Waals surface area contributed by atoms with Gasteiger partial charge >= 0.3 is 0 Å². The number of likely N-dealkylation sites (tertiary alicyclic amines) is 1. The van der Waals surface area contributed by atoms with Crippen LogP contribution in [0.5, 0.6) is 0 Å². The van der Waals surface area contributed by atoms with Crippen LogP contribution in [0.1, 0.15) is 54.5 Å². The summed E-state index contributed by atoms with van der Waals surface area (Å²) in [6.07, 6.45) is 1.10. The van der Waals surface area contributed by atoms with Crippen LogP contribution < -0.4 is 0 Å². The summed E-state index contributed by atoms with van der Waals surface area (Å²) < 4.78 is 0. The van der Waals surface area contributed by atoms with E-state index in [2.05, 4.69) is 24.3 Å². The van der Waals surface area contributed by atoms with Gasteiger partial charge in [-0.3, -0.25) is 19.3 Å². The van der Waals surface area contributed by atoms with Gasteiger partial charge in [-0.25, -0.2) is 0 Å². The average molecular weight is 472 g/mol. The lowest BCUT2D eigenvalue weighted by Crippen LogP contribution is -2.65. The maximum absolute atomic E-state index is 14.8. The summed E-state index contributed by atoms with van der Waals surface area (Å²) in [4.78, 5) is 45.5. The van der Waals surface area contributed by atoms with Crippen LogP contribution in [0.4, 0.5) is 0 Å². The van der Waals surface area contributed by atoms with Crippen molar-refractivity contribution in [3.8, 4) is 0 Å². The highest BCUT2D eigenvalue weighted by atomic mass is 16.2. The highest BCUT2D eigenvalue weighted by Crippen LogP contribution is 2.63. The van der Waals surface area contributed by atoms with Crippen LogP contribution >= 0.6 is 0 Å². The molecule has 1 heterocycles. The third-order valence-corrected chi connectivity index (χ3v) is 9.00. The standard InChI is InChI=1S/C32H25NO3/c1-33-19-27(24-16-8-11-20-9-2-4-12-22(20)24)31(18-17-21-10-3-5-13-23(21)28(31)34)32(33)29(35)25-14-6-7-15-26(25)30(32)36/h2-16,27H,17-19H2,1H3/t27-,31+/m0/s1. The molecule has 36 heavy (non-hydrogen) atoms. The number of aryl methyl sites for hydroxylation is 1. The van der Waals surface area contributed by atoms with Gasteiger partial charge in [0.05, 0.1) is 5.41 Å². The molecule has 0 amide bonds. The fourth-order valence-corrected chi connectivity index (χ4v) is 7.52. The predicted molar refractivity (Wildman–Crippen MR) is 139 cm³/mol. The highest BCUT2D eigenvalue weighted by Gasteiger charge is 2.76. The first-order chi connectivity index (χ1) is 17.5. The van der Waals surface area contributed by atoms with Crippen molar-refractivity contribution in [1.82, 2.24) is 4.90 Å². The van der Waals surface area contributed by atoms with E-state index in [4.69, 9.17) is 0 Å². The number of fused-ring (bicyclic) bond motifs is 4. The van der Waals surface area contributed by atoms with Crippen LogP contribution in [0.3, 0.4) is 0 Å². The minimum Gasteiger partial charge on any atom is -0.293 e. The Balaban J connectivity index is 1.56. The van der Waals surface area contributed by atoms with E-state index in [9.17, 15) is 14.4 Å². The van der Waals surface area contributed by atoms with Gasteiger partial charge in [-0.2, -0.15) is 0 Å². The monoisotopic (exact) mass is 471 g/mol. The normalized spacial score (nSPS) is 24.6. The highest BCUT2D eigenvalue weighted by molar-refractivity contribution is 6.36. The molecule has 2 atom stereocenters. The lowest BCUT2D eigenvalue weighted by atomic mass is 9.53. The number of carbonyl (C=O) groups excluding carboxylic acids is 3. The molecule has 3 aliphatic rings. The summed E-state index contributed by atoms with van der Waals surface area (Å²) in [6, 6.07) is 29.1. The number of nitrogens with zero attached hydrogens (tertiary/aromatic N) is 1. The topological polar surface area (TPSA) is 54.5 Å². The molecular formula is C32H25NO3. The second-order valence-corrected chi connectivity index (χ2v) is 10.4. The summed E-state index contributed by atoms with van der Waals surface area (Å²) in [6.45, 7) is 0.452. The molecule has 0 saturated carbocycles. The van der Waals surface area contributed by atoms with Crippen molar-refractivity contribution in [2.24, 2.45) is 5.41 Å². The molecule has 1 saturated heterocycles. The molecule has 4 nitrogen and oxygen atoms in total. The molecule has 7 rings (SSSR count). The Bertz CT molecular complexity index is 1580. The van der Waals surface area contributed by atoms with Crippen molar-refractivity contribution >= 4 is 28.1 Å². The van der Waals surface area contributed by atoms with Crippen LogP contribution in [0.15, 0.2) is 91.0 Å². The first-order valence-corrected chi connectivity index (χ1v) is 12.5. The van der Waals surface area contributed by atoms with E-state index in [1.165, 1.54) is 0 Å². The Kier molecular flexibility index (Phi) is 4.35. The molecular weight excluding hydrogens is 446 g/mol. The van der Waals surface area contributed by atoms with E-state index in [0.717, 1.165) is 21.9 Å². The van der Waals surface area contributed by atoms with Gasteiger partial charge in [-0.15, -0.1) is 0 Å². The third-order valence-electron chi connectivity index (χ3n) is 9.00. The zero-order chi connectivity index (χ0) is 24.7. The van der Waals surface area contributed by atoms with Crippen molar-refractivity contribution in [1.29, 1.82) is 0 Å². The average Bonchev–Trinajstić information content (AvgIpc) is 3.31. The first kappa shape index (κ1) is 21.4. The quantitative estimate of drug-likeness (QED) is 0.344. The maximum Gasteiger partial charge on any atom is 0.192 e. The smallest absolute Gasteiger partial charge is 0.192 e. The van der Waals surface area contributed by atoms with E-state index in [-0.39, 0.29) is 23.3 Å². The summed E-state index contributed by atoms with van der Waals surface area (Å²) in [5, 5.41) is 2.15. The van der Waals surface area contributed by atoms with Gasteiger partial charge < -0.3 is 0 Å². The van der Waals surface area contributed by atoms with Gasteiger partial charge in [-0.1, -0.05) is 91.0 Å². The zero-order valence-electron chi connectivity index (χ0n) is 20.0. The zero-order valence-corrected chi connectivity index (χ0v) is 20.0. The van der Waals surface area contributed by atoms with Crippen molar-refractivity contribution < 1.29 is 14.4 Å². The molecule has 4 heteroatoms. The van der Waals surface area contributed by atoms with Crippen LogP contribution in [-0.2, 0) is 6.42 Å². The Morgan fingerprint density at radius 2 is 1.31 bits per heavy atom. The van der Waals surface area contributed by atoms with E-state index >= 15 is 0 Å². The number of benzene rings is 4. The minimum absolute atomic E-state index is 0.0823. The van der Waals surface area contributed by atoms with E-state index in [1.54, 1.807) is 24.3 Å². The van der Waals surface area contributed by atoms with Crippen molar-refractivity contribution in [3.05, 3.63) is 119 Å². The number of Topliss-reactive ketones (excluding diaryl/α,β-unsaturated/α-hetero) is 3. The van der Waals surface area contributed by atoms with Crippen molar-refractivity contribution in [3.63, 3.8) is 0 Å². The lowest BCUT2D eigenvalue weighted by molar-refractivity contribution is 0.0281. The molecule has 2 spiro atoms. The number of hydrogen-bond donors (Lipinski definition) is 0. The van der Waals surface area contributed by atoms with Crippen LogP contribution in [0, 0.1) is 5.41 Å². The van der Waals surface area contributed by atoms with Crippen molar-refractivity contribution in [2.75, 3.05) is 13.6 Å². The van der Waals surface area contributed by atoms with Gasteiger partial charge in [0.15, 0.2) is 22.9 Å². The second-order valence-electron chi connectivity index (χ2n) is 10.4. The number of likely N-dealkylation sites (N-methyl/N-ethyl adjacent to an activating group) is 1. The van der Waals surface area contributed by atoms with E-state index < -0.39 is 11.0 Å². The maximum atomic E-state index is 14.8. The molecule has 4 aromatic rings. The second kappa shape index (κ2) is 7.31. The third kappa shape index (κ3) is 2.35. The summed E-state index contributed by atoms with van der Waals surface area (Å²) >= 11 is 0. The first-order valence-electron chi connectivity index (χ1n) is 12.5. The number of carbonyl (C=O) groups is 3. The Hall–Kier alpha value is -3.89. The van der Waals surface area contributed by atoms with Gasteiger partial charge in [0.2, 0.25) is 0 Å². The van der Waals surface area contributed by atoms with E-state index in [0.29, 0.717) is 36.1 Å². The fraction of sp³-hybridized carbons (Fsp3) is 0.219. The molecule has 0 radical (unpaired) electrons. The molecule has 0 N–H and O–H groups in total. The predicted octanol–water partition coefficient (Wildman–Crippen LogP) is 5.50. The lowest BCUT2D eigenvalue weighted by Gasteiger charge is -2.47. The largest absolute Gasteiger partial charge is 0.293 e. The Labute approximate surface area is 209 Å². The fourth-order valence-electron chi connectivity index (χ4n) is 7.52. The van der Waals surface area contributed by atoms with Gasteiger partial charge in [0, 0.05) is 29.2 Å². The molecule has 0 unspecified atom stereocenters. The van der Waals surface area contributed by atoms with E-state index in [1.807, 2.05) is 54.4 Å². The molecule has 176 valence electrons. The van der Waals surface area contributed by atoms with Crippen LogP contribution in [-0.4, -0.2) is 41.4 Å². The number of rotatable bonds is 1. The Morgan fingerprint density at radius 1 is 0.694 bits per heavy atom. The van der Waals surface area contributed by atoms with Crippen molar-refractivity contribution in [2.45, 2.75) is 24.3 Å². The summed E-state index contributed by atoms with van der Waals surface area (Å²) in [7, 11) is 1.85. The van der Waals surface area contributed by atoms with Crippen LogP contribution in [0.2, 0.25) is 0 Å². The molecule has 2 aliphatic carbocycles. The van der Waals surface area contributed by atoms with Gasteiger partial charge in [-0.05, 0) is 41.8 Å². The SMILES string of the molecule is CN1C[C@@H](c2cccc3ccccc23)[C@@]2(CCc3ccccc3C2=O)C12C(=O)c1ccccc1C2=O. The molecule has 0 bridgehead atoms. The molecule has 4 aromatic carbocycles. The van der Waals surface area contributed by atoms with Gasteiger partial charge in [0.1, 0.15) is 0 Å². The molecule has 0 aromatic heterocycles. The minimum atomic E-state index is -1.55. The number of hydrogen-bond acceptors (Lipinski definition) is 4. The van der Waals surface area contributed by atoms with Gasteiger partial charge in [0.25, 0.3) is 0 Å². The summed E-state index contributed by atoms with van der Waals surface area (Å²) in [5.74, 6) is -0.861. The number of ketones is 3. The molecule has 1 aliphatic heterocycles. The Morgan fingerprint density at radius 3 is 2.06 bits per heavy atom. The molecule has 1 fully saturated rings.